The van der Waals surface area contributed by atoms with Crippen molar-refractivity contribution in [3.8, 4) is 0 Å². The maximum atomic E-state index is 13.5. The zero-order chi connectivity index (χ0) is 12.3. The van der Waals surface area contributed by atoms with Gasteiger partial charge < -0.3 is 5.32 Å². The molecule has 0 saturated heterocycles. The quantitative estimate of drug-likeness (QED) is 0.908. The van der Waals surface area contributed by atoms with Gasteiger partial charge in [0.2, 0.25) is 0 Å². The minimum absolute atomic E-state index is 0.120. The third-order valence-electron chi connectivity index (χ3n) is 2.25. The number of carbonyl (C=O) groups excluding carboxylic acids is 1. The van der Waals surface area contributed by atoms with Crippen LogP contribution in [0.25, 0.3) is 0 Å². The lowest BCUT2D eigenvalue weighted by Crippen LogP contribution is -2.28. The van der Waals surface area contributed by atoms with Crippen LogP contribution >= 0.6 is 15.9 Å². The first-order valence-electron chi connectivity index (χ1n) is 5.16. The first-order chi connectivity index (χ1) is 7.43. The van der Waals surface area contributed by atoms with E-state index >= 15 is 0 Å². The third kappa shape index (κ3) is 3.04. The molecule has 2 nitrogen and oxygen atoms in total. The van der Waals surface area contributed by atoms with E-state index in [0.29, 0.717) is 18.0 Å². The normalized spacial score (nSPS) is 10.6. The van der Waals surface area contributed by atoms with E-state index in [1.807, 2.05) is 13.8 Å². The van der Waals surface area contributed by atoms with E-state index in [9.17, 15) is 9.18 Å². The molecule has 0 radical (unpaired) electrons. The van der Waals surface area contributed by atoms with E-state index in [0.717, 1.165) is 4.47 Å². The van der Waals surface area contributed by atoms with Gasteiger partial charge in [-0.05, 0) is 30.5 Å². The van der Waals surface area contributed by atoms with Crippen molar-refractivity contribution < 1.29 is 9.18 Å². The molecule has 0 aromatic heterocycles. The molecule has 1 aromatic rings. The summed E-state index contributed by atoms with van der Waals surface area (Å²) in [5.41, 5.74) is 0.747. The van der Waals surface area contributed by atoms with E-state index in [2.05, 4.69) is 21.2 Å². The number of carbonyl (C=O) groups is 1. The molecule has 1 N–H and O–H groups in total. The molecule has 1 rings (SSSR count). The molecule has 1 amide bonds. The number of rotatable bonds is 3. The standard InChI is InChI=1S/C12H15BrFNO/c1-7(2)6-15-12(16)11-8(3)9(13)4-5-10(11)14/h4-5,7H,6H2,1-3H3,(H,15,16). The molecule has 0 unspecified atom stereocenters. The van der Waals surface area contributed by atoms with Gasteiger partial charge in [0.15, 0.2) is 0 Å². The van der Waals surface area contributed by atoms with Crippen molar-refractivity contribution in [1.29, 1.82) is 0 Å². The minimum Gasteiger partial charge on any atom is -0.352 e. The second-order valence-electron chi connectivity index (χ2n) is 4.13. The van der Waals surface area contributed by atoms with Crippen LogP contribution in [0.4, 0.5) is 4.39 Å². The van der Waals surface area contributed by atoms with E-state index < -0.39 is 5.82 Å². The maximum absolute atomic E-state index is 13.5. The number of hydrogen-bond acceptors (Lipinski definition) is 1. The van der Waals surface area contributed by atoms with Crippen LogP contribution in [-0.2, 0) is 0 Å². The molecule has 0 spiro atoms. The van der Waals surface area contributed by atoms with Gasteiger partial charge in [0.1, 0.15) is 5.82 Å². The van der Waals surface area contributed by atoms with Crippen LogP contribution in [0.5, 0.6) is 0 Å². The number of nitrogens with one attached hydrogen (secondary N) is 1. The summed E-state index contributed by atoms with van der Waals surface area (Å²) in [6, 6.07) is 2.89. The van der Waals surface area contributed by atoms with Crippen molar-refractivity contribution in [2.24, 2.45) is 5.92 Å². The van der Waals surface area contributed by atoms with E-state index in [4.69, 9.17) is 0 Å². The third-order valence-corrected chi connectivity index (χ3v) is 3.11. The Morgan fingerprint density at radius 1 is 1.50 bits per heavy atom. The molecule has 0 aliphatic heterocycles. The van der Waals surface area contributed by atoms with Crippen molar-refractivity contribution >= 4 is 21.8 Å². The lowest BCUT2D eigenvalue weighted by atomic mass is 10.1. The van der Waals surface area contributed by atoms with Gasteiger partial charge in [-0.25, -0.2) is 4.39 Å². The Labute approximate surface area is 103 Å². The van der Waals surface area contributed by atoms with Crippen LogP contribution in [0.15, 0.2) is 16.6 Å². The smallest absolute Gasteiger partial charge is 0.254 e. The molecule has 0 atom stereocenters. The van der Waals surface area contributed by atoms with Crippen LogP contribution in [0, 0.1) is 18.7 Å². The Kier molecular flexibility index (Phi) is 4.47. The van der Waals surface area contributed by atoms with Crippen LogP contribution in [0.1, 0.15) is 29.8 Å². The Balaban J connectivity index is 2.95. The molecule has 1 aromatic carbocycles. The minimum atomic E-state index is -0.484. The number of amides is 1. The van der Waals surface area contributed by atoms with Crippen LogP contribution in [0.2, 0.25) is 0 Å². The van der Waals surface area contributed by atoms with Gasteiger partial charge in [0.05, 0.1) is 5.56 Å². The molecule has 0 saturated carbocycles. The molecule has 16 heavy (non-hydrogen) atoms. The van der Waals surface area contributed by atoms with Gasteiger partial charge in [-0.1, -0.05) is 29.8 Å². The lowest BCUT2D eigenvalue weighted by Gasteiger charge is -2.11. The van der Waals surface area contributed by atoms with Crippen molar-refractivity contribution in [2.75, 3.05) is 6.54 Å². The van der Waals surface area contributed by atoms with Crippen molar-refractivity contribution in [2.45, 2.75) is 20.8 Å². The predicted molar refractivity (Wildman–Crippen MR) is 66.0 cm³/mol. The highest BCUT2D eigenvalue weighted by atomic mass is 79.9. The molecule has 4 heteroatoms. The van der Waals surface area contributed by atoms with E-state index in [-0.39, 0.29) is 11.5 Å². The summed E-state index contributed by atoms with van der Waals surface area (Å²) in [4.78, 5) is 11.8. The van der Waals surface area contributed by atoms with Crippen LogP contribution < -0.4 is 5.32 Å². The maximum Gasteiger partial charge on any atom is 0.254 e. The van der Waals surface area contributed by atoms with E-state index in [1.54, 1.807) is 13.0 Å². The molecule has 0 aliphatic rings. The van der Waals surface area contributed by atoms with Gasteiger partial charge in [0, 0.05) is 11.0 Å². The average Bonchev–Trinajstić information content (AvgIpc) is 2.21. The summed E-state index contributed by atoms with van der Waals surface area (Å²) in [6.45, 7) is 6.25. The molecule has 0 aliphatic carbocycles. The molecule has 0 heterocycles. The van der Waals surface area contributed by atoms with Crippen LogP contribution in [0.3, 0.4) is 0 Å². The Bertz CT molecular complexity index is 404. The largest absolute Gasteiger partial charge is 0.352 e. The Hall–Kier alpha value is -0.900. The topological polar surface area (TPSA) is 29.1 Å². The Morgan fingerprint density at radius 2 is 2.12 bits per heavy atom. The van der Waals surface area contributed by atoms with Gasteiger partial charge in [0.25, 0.3) is 5.91 Å². The zero-order valence-corrected chi connectivity index (χ0v) is 11.2. The summed E-state index contributed by atoms with van der Waals surface area (Å²) >= 11 is 3.28. The molecular formula is C12H15BrFNO. The van der Waals surface area contributed by atoms with Crippen molar-refractivity contribution in [3.05, 3.63) is 33.5 Å². The molecule has 88 valence electrons. The van der Waals surface area contributed by atoms with Gasteiger partial charge in [-0.15, -0.1) is 0 Å². The number of halogens is 2. The fourth-order valence-electron chi connectivity index (χ4n) is 1.32. The van der Waals surface area contributed by atoms with Gasteiger partial charge in [-0.3, -0.25) is 4.79 Å². The summed E-state index contributed by atoms with van der Waals surface area (Å²) in [6.07, 6.45) is 0. The molecule has 0 fully saturated rings. The van der Waals surface area contributed by atoms with Gasteiger partial charge in [-0.2, -0.15) is 0 Å². The average molecular weight is 288 g/mol. The monoisotopic (exact) mass is 287 g/mol. The lowest BCUT2D eigenvalue weighted by molar-refractivity contribution is 0.0944. The second kappa shape index (κ2) is 5.43. The zero-order valence-electron chi connectivity index (χ0n) is 9.60. The highest BCUT2D eigenvalue weighted by Crippen LogP contribution is 2.22. The highest BCUT2D eigenvalue weighted by molar-refractivity contribution is 9.10. The fourth-order valence-corrected chi connectivity index (χ4v) is 1.65. The molecule has 0 bridgehead atoms. The van der Waals surface area contributed by atoms with E-state index in [1.165, 1.54) is 6.07 Å². The summed E-state index contributed by atoms with van der Waals surface area (Å²) in [7, 11) is 0. The van der Waals surface area contributed by atoms with Crippen molar-refractivity contribution in [3.63, 3.8) is 0 Å². The van der Waals surface area contributed by atoms with Crippen molar-refractivity contribution in [1.82, 2.24) is 5.32 Å². The fraction of sp³-hybridized carbons (Fsp3) is 0.417. The Morgan fingerprint density at radius 3 is 2.69 bits per heavy atom. The highest BCUT2D eigenvalue weighted by Gasteiger charge is 2.16. The molecular weight excluding hydrogens is 273 g/mol. The predicted octanol–water partition coefficient (Wildman–Crippen LogP) is 3.28. The summed E-state index contributed by atoms with van der Waals surface area (Å²) < 4.78 is 14.3. The summed E-state index contributed by atoms with van der Waals surface area (Å²) in [5, 5.41) is 2.71. The van der Waals surface area contributed by atoms with Gasteiger partial charge >= 0.3 is 0 Å². The first-order valence-corrected chi connectivity index (χ1v) is 5.95. The van der Waals surface area contributed by atoms with Crippen LogP contribution in [-0.4, -0.2) is 12.5 Å². The number of benzene rings is 1. The second-order valence-corrected chi connectivity index (χ2v) is 4.99. The summed E-state index contributed by atoms with van der Waals surface area (Å²) in [5.74, 6) is -0.494. The first kappa shape index (κ1) is 13.2. The number of hydrogen-bond donors (Lipinski definition) is 1. The SMILES string of the molecule is Cc1c(Br)ccc(F)c1C(=O)NCC(C)C.